The van der Waals surface area contributed by atoms with Crippen LogP contribution in [0.3, 0.4) is 0 Å². The minimum atomic E-state index is 0.790. The van der Waals surface area contributed by atoms with Crippen molar-refractivity contribution in [3.8, 4) is 11.1 Å². The van der Waals surface area contributed by atoms with Crippen LogP contribution in [-0.2, 0) is 4.74 Å². The van der Waals surface area contributed by atoms with Gasteiger partial charge in [-0.25, -0.2) is 4.98 Å². The van der Waals surface area contributed by atoms with Gasteiger partial charge in [0, 0.05) is 29.7 Å². The molecule has 0 atom stereocenters. The number of benzene rings is 1. The Bertz CT molecular complexity index is 565. The van der Waals surface area contributed by atoms with E-state index < -0.39 is 0 Å². The van der Waals surface area contributed by atoms with Gasteiger partial charge in [0.05, 0.1) is 13.2 Å². The fourth-order valence-corrected chi connectivity index (χ4v) is 3.03. The summed E-state index contributed by atoms with van der Waals surface area (Å²) in [7, 11) is 0. The zero-order valence-corrected chi connectivity index (χ0v) is 12.4. The zero-order valence-electron chi connectivity index (χ0n) is 11.6. The van der Waals surface area contributed by atoms with Crippen LogP contribution < -0.4 is 4.90 Å². The summed E-state index contributed by atoms with van der Waals surface area (Å²) in [5, 5.41) is 0. The first-order valence-corrected chi connectivity index (χ1v) is 8.03. The summed E-state index contributed by atoms with van der Waals surface area (Å²) in [6.45, 7) is 3.43. The fourth-order valence-electron chi connectivity index (χ4n) is 2.41. The molecule has 1 aromatic heterocycles. The first-order chi connectivity index (χ1) is 9.88. The number of ether oxygens (including phenoxy) is 1. The molecule has 2 heterocycles. The third-order valence-corrected chi connectivity index (χ3v) is 4.30. The molecule has 0 amide bonds. The number of pyridine rings is 1. The van der Waals surface area contributed by atoms with Crippen molar-refractivity contribution in [1.82, 2.24) is 4.98 Å². The van der Waals surface area contributed by atoms with E-state index in [4.69, 9.17) is 4.74 Å². The molecule has 1 fully saturated rings. The molecule has 0 unspecified atom stereocenters. The molecule has 3 rings (SSSR count). The maximum absolute atomic E-state index is 5.37. The quantitative estimate of drug-likeness (QED) is 0.808. The van der Waals surface area contributed by atoms with Crippen LogP contribution in [0.15, 0.2) is 47.5 Å². The number of thioether (sulfide) groups is 1. The van der Waals surface area contributed by atoms with Crippen LogP contribution in [0.1, 0.15) is 0 Å². The summed E-state index contributed by atoms with van der Waals surface area (Å²) in [6.07, 6.45) is 4.08. The van der Waals surface area contributed by atoms with E-state index in [9.17, 15) is 0 Å². The van der Waals surface area contributed by atoms with Crippen LogP contribution in [0.5, 0.6) is 0 Å². The Balaban J connectivity index is 1.85. The van der Waals surface area contributed by atoms with Crippen LogP contribution in [-0.4, -0.2) is 37.5 Å². The van der Waals surface area contributed by atoms with Crippen LogP contribution in [0.4, 0.5) is 5.82 Å². The SMILES string of the molecule is CSc1ccccc1-c1ccc(N2CCOCC2)nc1. The molecule has 104 valence electrons. The second-order valence-corrected chi connectivity index (χ2v) is 5.55. The summed E-state index contributed by atoms with van der Waals surface area (Å²) in [5.74, 6) is 1.04. The Morgan fingerprint density at radius 1 is 1.10 bits per heavy atom. The maximum atomic E-state index is 5.37. The molecule has 20 heavy (non-hydrogen) atoms. The molecular formula is C16H18N2OS. The minimum absolute atomic E-state index is 0.790. The average Bonchev–Trinajstić information content (AvgIpc) is 2.56. The predicted octanol–water partition coefficient (Wildman–Crippen LogP) is 3.31. The molecule has 0 radical (unpaired) electrons. The van der Waals surface area contributed by atoms with Crippen molar-refractivity contribution in [2.24, 2.45) is 0 Å². The number of hydrogen-bond acceptors (Lipinski definition) is 4. The monoisotopic (exact) mass is 286 g/mol. The van der Waals surface area contributed by atoms with Crippen molar-refractivity contribution in [3.63, 3.8) is 0 Å². The highest BCUT2D eigenvalue weighted by Crippen LogP contribution is 2.30. The van der Waals surface area contributed by atoms with Gasteiger partial charge in [-0.15, -0.1) is 11.8 Å². The van der Waals surface area contributed by atoms with Gasteiger partial charge < -0.3 is 9.64 Å². The summed E-state index contributed by atoms with van der Waals surface area (Å²) < 4.78 is 5.37. The maximum Gasteiger partial charge on any atom is 0.128 e. The second kappa shape index (κ2) is 6.29. The van der Waals surface area contributed by atoms with E-state index in [1.165, 1.54) is 16.0 Å². The van der Waals surface area contributed by atoms with Gasteiger partial charge in [0.25, 0.3) is 0 Å². The van der Waals surface area contributed by atoms with Gasteiger partial charge in [-0.2, -0.15) is 0 Å². The van der Waals surface area contributed by atoms with E-state index in [1.807, 2.05) is 6.20 Å². The first-order valence-electron chi connectivity index (χ1n) is 6.80. The van der Waals surface area contributed by atoms with Crippen LogP contribution in [0.2, 0.25) is 0 Å². The molecule has 1 aliphatic rings. The van der Waals surface area contributed by atoms with E-state index in [2.05, 4.69) is 52.5 Å². The fraction of sp³-hybridized carbons (Fsp3) is 0.312. The molecule has 1 saturated heterocycles. The molecule has 3 nitrogen and oxygen atoms in total. The van der Waals surface area contributed by atoms with Crippen molar-refractivity contribution in [2.45, 2.75) is 4.90 Å². The number of hydrogen-bond donors (Lipinski definition) is 0. The number of aromatic nitrogens is 1. The molecule has 4 heteroatoms. The topological polar surface area (TPSA) is 25.4 Å². The lowest BCUT2D eigenvalue weighted by atomic mass is 10.1. The Labute approximate surface area is 124 Å². The smallest absolute Gasteiger partial charge is 0.128 e. The number of nitrogens with zero attached hydrogens (tertiary/aromatic N) is 2. The Morgan fingerprint density at radius 3 is 2.60 bits per heavy atom. The molecule has 2 aromatic rings. The molecule has 0 aliphatic carbocycles. The van der Waals surface area contributed by atoms with Crippen molar-refractivity contribution >= 4 is 17.6 Å². The normalized spacial score (nSPS) is 15.3. The van der Waals surface area contributed by atoms with Gasteiger partial charge in [-0.3, -0.25) is 0 Å². The Morgan fingerprint density at radius 2 is 1.90 bits per heavy atom. The van der Waals surface area contributed by atoms with Crippen molar-refractivity contribution in [1.29, 1.82) is 0 Å². The standard InChI is InChI=1S/C16H18N2OS/c1-20-15-5-3-2-4-14(15)13-6-7-16(17-12-13)18-8-10-19-11-9-18/h2-7,12H,8-11H2,1H3. The van der Waals surface area contributed by atoms with E-state index in [0.717, 1.165) is 32.1 Å². The lowest BCUT2D eigenvalue weighted by molar-refractivity contribution is 0.122. The largest absolute Gasteiger partial charge is 0.378 e. The van der Waals surface area contributed by atoms with Gasteiger partial charge in [0.1, 0.15) is 5.82 Å². The molecular weight excluding hydrogens is 268 g/mol. The van der Waals surface area contributed by atoms with Gasteiger partial charge >= 0.3 is 0 Å². The Kier molecular flexibility index (Phi) is 4.23. The lowest BCUT2D eigenvalue weighted by Gasteiger charge is -2.27. The third kappa shape index (κ3) is 2.81. The number of rotatable bonds is 3. The highest BCUT2D eigenvalue weighted by Gasteiger charge is 2.12. The molecule has 0 bridgehead atoms. The van der Waals surface area contributed by atoms with Crippen molar-refractivity contribution in [3.05, 3.63) is 42.6 Å². The van der Waals surface area contributed by atoms with Crippen molar-refractivity contribution < 1.29 is 4.74 Å². The van der Waals surface area contributed by atoms with Gasteiger partial charge in [0.15, 0.2) is 0 Å². The van der Waals surface area contributed by atoms with Crippen LogP contribution >= 0.6 is 11.8 Å². The van der Waals surface area contributed by atoms with Crippen molar-refractivity contribution in [2.75, 3.05) is 37.5 Å². The van der Waals surface area contributed by atoms with E-state index in [0.29, 0.717) is 0 Å². The Hall–Kier alpha value is -1.52. The lowest BCUT2D eigenvalue weighted by Crippen LogP contribution is -2.36. The summed E-state index contributed by atoms with van der Waals surface area (Å²) >= 11 is 1.77. The highest BCUT2D eigenvalue weighted by molar-refractivity contribution is 7.98. The van der Waals surface area contributed by atoms with E-state index >= 15 is 0 Å². The summed E-state index contributed by atoms with van der Waals surface area (Å²) in [4.78, 5) is 8.17. The minimum Gasteiger partial charge on any atom is -0.378 e. The van der Waals surface area contributed by atoms with E-state index in [-0.39, 0.29) is 0 Å². The van der Waals surface area contributed by atoms with E-state index in [1.54, 1.807) is 11.8 Å². The first kappa shape index (κ1) is 13.5. The van der Waals surface area contributed by atoms with Gasteiger partial charge in [0.2, 0.25) is 0 Å². The predicted molar refractivity (Wildman–Crippen MR) is 84.5 cm³/mol. The third-order valence-electron chi connectivity index (χ3n) is 3.50. The molecule has 0 N–H and O–H groups in total. The zero-order chi connectivity index (χ0) is 13.8. The number of morpholine rings is 1. The van der Waals surface area contributed by atoms with Gasteiger partial charge in [-0.1, -0.05) is 18.2 Å². The molecule has 0 spiro atoms. The molecule has 0 saturated carbocycles. The molecule has 1 aliphatic heterocycles. The average molecular weight is 286 g/mol. The van der Waals surface area contributed by atoms with Crippen LogP contribution in [0.25, 0.3) is 11.1 Å². The van der Waals surface area contributed by atoms with Gasteiger partial charge in [-0.05, 0) is 30.0 Å². The van der Waals surface area contributed by atoms with Crippen LogP contribution in [0, 0.1) is 0 Å². The molecule has 1 aromatic carbocycles. The highest BCUT2D eigenvalue weighted by atomic mass is 32.2. The summed E-state index contributed by atoms with van der Waals surface area (Å²) in [6, 6.07) is 12.7. The summed E-state index contributed by atoms with van der Waals surface area (Å²) in [5.41, 5.74) is 2.42. The number of anilines is 1. The second-order valence-electron chi connectivity index (χ2n) is 4.70.